The van der Waals surface area contributed by atoms with E-state index in [1.165, 1.54) is 0 Å². The fourth-order valence-corrected chi connectivity index (χ4v) is 7.74. The summed E-state index contributed by atoms with van der Waals surface area (Å²) in [4.78, 5) is 31.0. The third kappa shape index (κ3) is 5.68. The molecule has 2 aliphatic heterocycles. The molecule has 0 atom stereocenters. The molecule has 1 saturated carbocycles. The zero-order valence-corrected chi connectivity index (χ0v) is 25.5. The van der Waals surface area contributed by atoms with Gasteiger partial charge in [0.2, 0.25) is 0 Å². The molecule has 0 bridgehead atoms. The van der Waals surface area contributed by atoms with Gasteiger partial charge in [0.1, 0.15) is 24.5 Å². The van der Waals surface area contributed by atoms with Crippen molar-refractivity contribution in [3.8, 4) is 11.8 Å². The van der Waals surface area contributed by atoms with Crippen LogP contribution >= 0.6 is 11.6 Å². The Morgan fingerprint density at radius 2 is 1.81 bits per heavy atom. The van der Waals surface area contributed by atoms with Crippen LogP contribution in [0.1, 0.15) is 55.6 Å². The number of amides is 1. The van der Waals surface area contributed by atoms with Crippen LogP contribution in [0.25, 0.3) is 0 Å². The van der Waals surface area contributed by atoms with Crippen molar-refractivity contribution in [1.29, 1.82) is 5.26 Å². The molecular weight excluding hydrogens is 556 g/mol. The summed E-state index contributed by atoms with van der Waals surface area (Å²) in [5.74, 6) is -0.250. The summed E-state index contributed by atoms with van der Waals surface area (Å²) >= 11 is 6.25. The van der Waals surface area contributed by atoms with Gasteiger partial charge in [-0.1, -0.05) is 39.3 Å². The molecule has 1 aliphatic carbocycles. The molecule has 2 aromatic carbocycles. The molecule has 5 rings (SSSR count). The number of carboxylic acid groups (broad SMARTS) is 1. The van der Waals surface area contributed by atoms with Crippen molar-refractivity contribution in [2.24, 2.45) is 10.8 Å². The Hall–Kier alpha value is -3.32. The topological polar surface area (TPSA) is 106 Å². The molecule has 2 heterocycles. The second-order valence-electron chi connectivity index (χ2n) is 12.7. The fraction of sp³-hybridized carbons (Fsp3) is 0.531. The van der Waals surface area contributed by atoms with Gasteiger partial charge in [-0.25, -0.2) is 4.79 Å². The first-order chi connectivity index (χ1) is 19.9. The number of carbonyl (C=O) groups excluding carboxylic acids is 1. The van der Waals surface area contributed by atoms with E-state index in [2.05, 4.69) is 55.7 Å². The largest absolute Gasteiger partial charge is 0.489 e. The fourth-order valence-electron chi connectivity index (χ4n) is 7.53. The summed E-state index contributed by atoms with van der Waals surface area (Å²) in [5.41, 5.74) is 2.77. The lowest BCUT2D eigenvalue weighted by Gasteiger charge is -2.65. The van der Waals surface area contributed by atoms with Gasteiger partial charge in [-0.05, 0) is 42.3 Å². The molecular formula is C32H39ClN4O5. The number of nitrogens with zero attached hydrogens (tertiary/aromatic N) is 4. The predicted molar refractivity (Wildman–Crippen MR) is 160 cm³/mol. The first-order valence-corrected chi connectivity index (χ1v) is 14.9. The Kier molecular flexibility index (Phi) is 8.44. The van der Waals surface area contributed by atoms with Crippen LogP contribution in [0.15, 0.2) is 36.4 Å². The van der Waals surface area contributed by atoms with Gasteiger partial charge in [-0.3, -0.25) is 9.69 Å². The zero-order chi connectivity index (χ0) is 30.2. The third-order valence-electron chi connectivity index (χ3n) is 9.03. The molecule has 1 amide bonds. The first-order valence-electron chi connectivity index (χ1n) is 14.5. The van der Waals surface area contributed by atoms with E-state index < -0.39 is 5.97 Å². The average molecular weight is 595 g/mol. The van der Waals surface area contributed by atoms with Crippen LogP contribution in [0.5, 0.6) is 5.75 Å². The average Bonchev–Trinajstić information content (AvgIpc) is 3.25. The van der Waals surface area contributed by atoms with Gasteiger partial charge in [0.05, 0.1) is 10.6 Å². The Bertz CT molecular complexity index is 1380. The molecule has 2 aromatic rings. The summed E-state index contributed by atoms with van der Waals surface area (Å²) in [6.07, 6.45) is 0.663. The minimum atomic E-state index is -0.938. The van der Waals surface area contributed by atoms with Crippen LogP contribution < -0.4 is 9.64 Å². The van der Waals surface area contributed by atoms with Gasteiger partial charge in [0.15, 0.2) is 0 Å². The van der Waals surface area contributed by atoms with E-state index in [1.807, 2.05) is 11.0 Å². The Morgan fingerprint density at radius 1 is 1.10 bits per heavy atom. The maximum absolute atomic E-state index is 13.7. The second kappa shape index (κ2) is 11.8. The zero-order valence-electron chi connectivity index (χ0n) is 24.7. The maximum Gasteiger partial charge on any atom is 0.329 e. The molecule has 10 heteroatoms. The summed E-state index contributed by atoms with van der Waals surface area (Å²) in [6.45, 7) is 13.9. The normalized spacial score (nSPS) is 22.8. The molecule has 42 heavy (non-hydrogen) atoms. The number of carboxylic acids is 1. The van der Waals surface area contributed by atoms with E-state index in [0.29, 0.717) is 29.5 Å². The smallest absolute Gasteiger partial charge is 0.329 e. The van der Waals surface area contributed by atoms with E-state index in [0.717, 1.165) is 56.0 Å². The van der Waals surface area contributed by atoms with E-state index in [4.69, 9.17) is 26.2 Å². The number of fused-ring (bicyclic) bond motifs is 1. The summed E-state index contributed by atoms with van der Waals surface area (Å²) in [5, 5.41) is 18.2. The number of aliphatic carboxylic acids is 1. The highest BCUT2D eigenvalue weighted by molar-refractivity contribution is 6.31. The monoisotopic (exact) mass is 594 g/mol. The lowest BCUT2D eigenvalue weighted by molar-refractivity contribution is -0.199. The van der Waals surface area contributed by atoms with Crippen molar-refractivity contribution < 1.29 is 24.2 Å². The lowest BCUT2D eigenvalue weighted by atomic mass is 9.49. The van der Waals surface area contributed by atoms with Crippen molar-refractivity contribution in [2.75, 3.05) is 50.8 Å². The van der Waals surface area contributed by atoms with E-state index in [1.54, 1.807) is 18.2 Å². The van der Waals surface area contributed by atoms with Crippen LogP contribution in [0, 0.1) is 22.2 Å². The van der Waals surface area contributed by atoms with E-state index >= 15 is 0 Å². The molecule has 224 valence electrons. The number of piperazine rings is 1. The van der Waals surface area contributed by atoms with Crippen LogP contribution in [0.3, 0.4) is 0 Å². The highest BCUT2D eigenvalue weighted by atomic mass is 35.5. The summed E-state index contributed by atoms with van der Waals surface area (Å²) < 4.78 is 11.6. The number of nitriles is 1. The van der Waals surface area contributed by atoms with Gasteiger partial charge < -0.3 is 24.4 Å². The quantitative estimate of drug-likeness (QED) is 0.396. The lowest BCUT2D eigenvalue weighted by Crippen LogP contribution is -2.74. The number of hydrogen-bond donors (Lipinski definition) is 1. The highest BCUT2D eigenvalue weighted by Crippen LogP contribution is 2.59. The van der Waals surface area contributed by atoms with Gasteiger partial charge in [0.25, 0.3) is 5.91 Å². The SMILES string of the molecule is CC1(C)C(Oc2ccc(C#N)c(Cl)c2)C(C)(C)C1N1Cc2cc(N3CCN(CCCOCC(=O)O)CC3)ccc2C1=O. The van der Waals surface area contributed by atoms with Crippen LogP contribution in [-0.2, 0) is 16.1 Å². The van der Waals surface area contributed by atoms with Crippen molar-refractivity contribution in [3.05, 3.63) is 58.1 Å². The number of halogens is 1. The minimum Gasteiger partial charge on any atom is -0.489 e. The number of ether oxygens (including phenoxy) is 2. The van der Waals surface area contributed by atoms with E-state index in [-0.39, 0.29) is 35.5 Å². The van der Waals surface area contributed by atoms with Gasteiger partial charge in [0, 0.05) is 80.1 Å². The molecule has 0 radical (unpaired) electrons. The maximum atomic E-state index is 13.7. The first kappa shape index (κ1) is 30.1. The van der Waals surface area contributed by atoms with E-state index in [9.17, 15) is 14.9 Å². The number of benzene rings is 2. The molecule has 0 spiro atoms. The molecule has 9 nitrogen and oxygen atoms in total. The van der Waals surface area contributed by atoms with Crippen molar-refractivity contribution in [2.45, 2.75) is 52.8 Å². The number of carbonyl (C=O) groups is 2. The molecule has 2 fully saturated rings. The summed E-state index contributed by atoms with van der Waals surface area (Å²) in [6, 6.07) is 13.4. The summed E-state index contributed by atoms with van der Waals surface area (Å²) in [7, 11) is 0. The molecule has 1 saturated heterocycles. The highest BCUT2D eigenvalue weighted by Gasteiger charge is 2.67. The molecule has 0 unspecified atom stereocenters. The van der Waals surface area contributed by atoms with Crippen molar-refractivity contribution in [1.82, 2.24) is 9.80 Å². The molecule has 1 N–H and O–H groups in total. The third-order valence-corrected chi connectivity index (χ3v) is 9.35. The Labute approximate surface area is 252 Å². The van der Waals surface area contributed by atoms with Crippen LogP contribution in [0.2, 0.25) is 5.02 Å². The van der Waals surface area contributed by atoms with Gasteiger partial charge in [-0.2, -0.15) is 5.26 Å². The minimum absolute atomic E-state index is 0.0183. The Morgan fingerprint density at radius 3 is 2.45 bits per heavy atom. The Balaban J connectivity index is 1.20. The molecule has 0 aromatic heterocycles. The number of hydrogen-bond acceptors (Lipinski definition) is 7. The number of rotatable bonds is 10. The van der Waals surface area contributed by atoms with Crippen molar-refractivity contribution in [3.63, 3.8) is 0 Å². The second-order valence-corrected chi connectivity index (χ2v) is 13.1. The van der Waals surface area contributed by atoms with Gasteiger partial charge >= 0.3 is 5.97 Å². The van der Waals surface area contributed by atoms with Gasteiger partial charge in [-0.15, -0.1) is 0 Å². The standard InChI is InChI=1S/C32H39ClN4O5/c1-31(2)29(32(3,4)30(31)42-24-8-6-21(18-34)26(33)17-24)37-19-22-16-23(7-9-25(22)28(37)40)36-13-11-35(12-14-36)10-5-15-41-20-27(38)39/h6-9,16-17,29-30H,5,10-15,19-20H2,1-4H3,(H,38,39). The van der Waals surface area contributed by atoms with Crippen LogP contribution in [-0.4, -0.2) is 84.9 Å². The predicted octanol–water partition coefficient (Wildman–Crippen LogP) is 4.66. The molecule has 3 aliphatic rings. The number of anilines is 1. The van der Waals surface area contributed by atoms with Crippen molar-refractivity contribution >= 4 is 29.2 Å². The van der Waals surface area contributed by atoms with Crippen LogP contribution in [0.4, 0.5) is 5.69 Å².